The Labute approximate surface area is 111 Å². The molecular weight excluding hydrogens is 277 g/mol. The SMILES string of the molecule is COc1ccc(C(=O)n2nc(C(F)(F)F)nc2N)cc1. The number of rotatable bonds is 2. The number of anilines is 1. The van der Waals surface area contributed by atoms with Gasteiger partial charge >= 0.3 is 6.18 Å². The molecule has 1 aromatic carbocycles. The molecule has 0 unspecified atom stereocenters. The molecule has 2 aromatic rings. The van der Waals surface area contributed by atoms with Crippen LogP contribution in [-0.2, 0) is 6.18 Å². The maximum absolute atomic E-state index is 12.4. The number of hydrogen-bond acceptors (Lipinski definition) is 5. The first-order chi connectivity index (χ1) is 9.32. The van der Waals surface area contributed by atoms with Gasteiger partial charge in [0.2, 0.25) is 5.95 Å². The van der Waals surface area contributed by atoms with E-state index in [1.165, 1.54) is 31.4 Å². The molecule has 0 aliphatic carbocycles. The van der Waals surface area contributed by atoms with E-state index < -0.39 is 23.9 Å². The molecule has 0 fully saturated rings. The second kappa shape index (κ2) is 4.83. The van der Waals surface area contributed by atoms with Crippen LogP contribution in [0.4, 0.5) is 19.1 Å². The molecule has 0 aliphatic heterocycles. The first kappa shape index (κ1) is 13.8. The molecule has 6 nitrogen and oxygen atoms in total. The average Bonchev–Trinajstić information content (AvgIpc) is 2.80. The molecule has 1 heterocycles. The smallest absolute Gasteiger partial charge is 0.453 e. The predicted molar refractivity (Wildman–Crippen MR) is 62.2 cm³/mol. The molecular formula is C11H9F3N4O2. The average molecular weight is 286 g/mol. The van der Waals surface area contributed by atoms with Gasteiger partial charge in [-0.25, -0.2) is 0 Å². The Bertz CT molecular complexity index is 634. The number of nitrogens with two attached hydrogens (primary N) is 1. The first-order valence-electron chi connectivity index (χ1n) is 5.31. The molecule has 0 saturated carbocycles. The van der Waals surface area contributed by atoms with E-state index in [1.807, 2.05) is 0 Å². The van der Waals surface area contributed by atoms with E-state index in [2.05, 4.69) is 10.1 Å². The van der Waals surface area contributed by atoms with Crippen LogP contribution in [-0.4, -0.2) is 27.8 Å². The summed E-state index contributed by atoms with van der Waals surface area (Å²) in [5.41, 5.74) is 5.38. The number of nitrogens with zero attached hydrogens (tertiary/aromatic N) is 3. The molecule has 0 saturated heterocycles. The quantitative estimate of drug-likeness (QED) is 0.906. The number of hydrogen-bond donors (Lipinski definition) is 1. The van der Waals surface area contributed by atoms with E-state index in [4.69, 9.17) is 10.5 Å². The molecule has 1 aromatic heterocycles. The number of nitrogen functional groups attached to an aromatic ring is 1. The second-order valence-electron chi connectivity index (χ2n) is 3.74. The van der Waals surface area contributed by atoms with Gasteiger partial charge in [-0.05, 0) is 24.3 Å². The van der Waals surface area contributed by atoms with Gasteiger partial charge in [0.05, 0.1) is 7.11 Å². The highest BCUT2D eigenvalue weighted by molar-refractivity contribution is 5.96. The van der Waals surface area contributed by atoms with Crippen molar-refractivity contribution in [3.63, 3.8) is 0 Å². The molecule has 0 aliphatic rings. The highest BCUT2D eigenvalue weighted by Gasteiger charge is 2.37. The number of carbonyl (C=O) groups is 1. The van der Waals surface area contributed by atoms with Gasteiger partial charge in [0.1, 0.15) is 5.75 Å². The lowest BCUT2D eigenvalue weighted by Crippen LogP contribution is -2.17. The van der Waals surface area contributed by atoms with Crippen molar-refractivity contribution >= 4 is 11.9 Å². The van der Waals surface area contributed by atoms with E-state index in [-0.39, 0.29) is 5.56 Å². The van der Waals surface area contributed by atoms with Crippen LogP contribution in [0.25, 0.3) is 0 Å². The van der Waals surface area contributed by atoms with E-state index in [1.54, 1.807) is 0 Å². The van der Waals surface area contributed by atoms with Gasteiger partial charge in [0.25, 0.3) is 11.7 Å². The molecule has 2 N–H and O–H groups in total. The fraction of sp³-hybridized carbons (Fsp3) is 0.182. The highest BCUT2D eigenvalue weighted by atomic mass is 19.4. The van der Waals surface area contributed by atoms with E-state index in [0.717, 1.165) is 0 Å². The summed E-state index contributed by atoms with van der Waals surface area (Å²) < 4.78 is 42.6. The minimum atomic E-state index is -4.76. The first-order valence-corrected chi connectivity index (χ1v) is 5.31. The maximum atomic E-state index is 12.4. The lowest BCUT2D eigenvalue weighted by atomic mass is 10.2. The zero-order valence-corrected chi connectivity index (χ0v) is 10.2. The molecule has 9 heteroatoms. The van der Waals surface area contributed by atoms with Crippen molar-refractivity contribution in [2.45, 2.75) is 6.18 Å². The number of halogens is 3. The molecule has 106 valence electrons. The summed E-state index contributed by atoms with van der Waals surface area (Å²) in [4.78, 5) is 15.0. The van der Waals surface area contributed by atoms with Crippen LogP contribution in [0.2, 0.25) is 0 Å². The number of aromatic nitrogens is 3. The van der Waals surface area contributed by atoms with Crippen LogP contribution in [0.1, 0.15) is 16.2 Å². The number of alkyl halides is 3. The van der Waals surface area contributed by atoms with E-state index in [0.29, 0.717) is 10.4 Å². The molecule has 0 radical (unpaired) electrons. The van der Waals surface area contributed by atoms with Gasteiger partial charge in [-0.3, -0.25) is 4.79 Å². The molecule has 0 amide bonds. The largest absolute Gasteiger partial charge is 0.497 e. The molecule has 20 heavy (non-hydrogen) atoms. The Morgan fingerprint density at radius 2 is 1.90 bits per heavy atom. The zero-order valence-electron chi connectivity index (χ0n) is 10.2. The Balaban J connectivity index is 2.35. The van der Waals surface area contributed by atoms with Crippen LogP contribution in [0, 0.1) is 0 Å². The van der Waals surface area contributed by atoms with Crippen LogP contribution >= 0.6 is 0 Å². The van der Waals surface area contributed by atoms with Crippen LogP contribution in [0.5, 0.6) is 5.75 Å². The summed E-state index contributed by atoms with van der Waals surface area (Å²) in [7, 11) is 1.45. The van der Waals surface area contributed by atoms with Crippen molar-refractivity contribution in [1.82, 2.24) is 14.8 Å². The molecule has 0 atom stereocenters. The van der Waals surface area contributed by atoms with E-state index >= 15 is 0 Å². The standard InChI is InChI=1S/C11H9F3N4O2/c1-20-7-4-2-6(3-5-7)8(19)18-10(15)16-9(17-18)11(12,13)14/h2-5H,1H3,(H2,15,16,17). The molecule has 2 rings (SSSR count). The van der Waals surface area contributed by atoms with Gasteiger partial charge in [0.15, 0.2) is 0 Å². The van der Waals surface area contributed by atoms with Crippen molar-refractivity contribution < 1.29 is 22.7 Å². The Morgan fingerprint density at radius 3 is 2.35 bits per heavy atom. The summed E-state index contributed by atoms with van der Waals surface area (Å²) in [6.45, 7) is 0. The van der Waals surface area contributed by atoms with Gasteiger partial charge in [0, 0.05) is 5.56 Å². The van der Waals surface area contributed by atoms with E-state index in [9.17, 15) is 18.0 Å². The Kier molecular flexibility index (Phi) is 3.35. The minimum absolute atomic E-state index is 0.108. The van der Waals surface area contributed by atoms with Crippen LogP contribution < -0.4 is 10.5 Å². The highest BCUT2D eigenvalue weighted by Crippen LogP contribution is 2.27. The topological polar surface area (TPSA) is 83.0 Å². The number of ether oxygens (including phenoxy) is 1. The van der Waals surface area contributed by atoms with Gasteiger partial charge in [-0.2, -0.15) is 22.8 Å². The molecule has 0 bridgehead atoms. The summed E-state index contributed by atoms with van der Waals surface area (Å²) in [5.74, 6) is -2.40. The number of carbonyl (C=O) groups excluding carboxylic acids is 1. The lowest BCUT2D eigenvalue weighted by molar-refractivity contribution is -0.144. The van der Waals surface area contributed by atoms with Gasteiger partial charge in [-0.1, -0.05) is 0 Å². The third-order valence-corrected chi connectivity index (χ3v) is 2.42. The van der Waals surface area contributed by atoms with Crippen molar-refractivity contribution in [1.29, 1.82) is 0 Å². The summed E-state index contributed by atoms with van der Waals surface area (Å²) in [5, 5.41) is 3.07. The third kappa shape index (κ3) is 2.56. The van der Waals surface area contributed by atoms with Gasteiger partial charge < -0.3 is 10.5 Å². The normalized spacial score (nSPS) is 11.4. The van der Waals surface area contributed by atoms with Crippen molar-refractivity contribution in [3.8, 4) is 5.75 Å². The number of benzene rings is 1. The van der Waals surface area contributed by atoms with Crippen molar-refractivity contribution in [2.75, 3.05) is 12.8 Å². The van der Waals surface area contributed by atoms with Crippen molar-refractivity contribution in [2.24, 2.45) is 0 Å². The van der Waals surface area contributed by atoms with Gasteiger partial charge in [-0.15, -0.1) is 5.10 Å². The lowest BCUT2D eigenvalue weighted by Gasteiger charge is -2.03. The van der Waals surface area contributed by atoms with Crippen LogP contribution in [0.3, 0.4) is 0 Å². The monoisotopic (exact) mass is 286 g/mol. The summed E-state index contributed by atoms with van der Waals surface area (Å²) in [6, 6.07) is 5.75. The minimum Gasteiger partial charge on any atom is -0.497 e. The Hall–Kier alpha value is -2.58. The van der Waals surface area contributed by atoms with Crippen LogP contribution in [0.15, 0.2) is 24.3 Å². The summed E-state index contributed by atoms with van der Waals surface area (Å²) in [6.07, 6.45) is -4.76. The molecule has 0 spiro atoms. The Morgan fingerprint density at radius 1 is 1.30 bits per heavy atom. The number of methoxy groups -OCH3 is 1. The fourth-order valence-electron chi connectivity index (χ4n) is 1.45. The predicted octanol–water partition coefficient (Wildman–Crippen LogP) is 1.58. The fourth-order valence-corrected chi connectivity index (χ4v) is 1.45. The third-order valence-electron chi connectivity index (χ3n) is 2.42. The maximum Gasteiger partial charge on any atom is 0.453 e. The second-order valence-corrected chi connectivity index (χ2v) is 3.74. The summed E-state index contributed by atoms with van der Waals surface area (Å²) >= 11 is 0. The zero-order chi connectivity index (χ0) is 14.9. The van der Waals surface area contributed by atoms with Crippen molar-refractivity contribution in [3.05, 3.63) is 35.7 Å².